The summed E-state index contributed by atoms with van der Waals surface area (Å²) >= 11 is 0. The van der Waals surface area contributed by atoms with Gasteiger partial charge in [-0.15, -0.1) is 0 Å². The maximum absolute atomic E-state index is 10.4. The fraction of sp³-hybridized carbons (Fsp3) is 0.625. The summed E-state index contributed by atoms with van der Waals surface area (Å²) in [6.07, 6.45) is 3.47. The molecule has 0 aliphatic rings. The molecule has 0 amide bonds. The van der Waals surface area contributed by atoms with Gasteiger partial charge in [-0.3, -0.25) is 0 Å². The molecule has 1 heteroatoms. The van der Waals surface area contributed by atoms with Gasteiger partial charge in [-0.05, 0) is 41.4 Å². The van der Waals surface area contributed by atoms with Crippen LogP contribution in [0.1, 0.15) is 76.0 Å². The smallest absolute Gasteiger partial charge is 0.122 e. The minimum absolute atomic E-state index is 0.382. The van der Waals surface area contributed by atoms with Gasteiger partial charge >= 0.3 is 0 Å². The molecule has 0 bridgehead atoms. The summed E-state index contributed by atoms with van der Waals surface area (Å²) in [5.74, 6) is 1.30. The predicted molar refractivity (Wildman–Crippen MR) is 74.9 cm³/mol. The third-order valence-corrected chi connectivity index (χ3v) is 3.34. The highest BCUT2D eigenvalue weighted by molar-refractivity contribution is 5.48. The lowest BCUT2D eigenvalue weighted by molar-refractivity contribution is 0.453. The molecule has 0 saturated carbocycles. The number of unbranched alkanes of at least 4 members (excludes halogenated alkanes) is 1. The highest BCUT2D eigenvalue weighted by atomic mass is 16.3. The van der Waals surface area contributed by atoms with E-state index in [1.807, 2.05) is 0 Å². The molecule has 1 rings (SSSR count). The zero-order valence-corrected chi connectivity index (χ0v) is 11.9. The zero-order valence-electron chi connectivity index (χ0n) is 11.9. The van der Waals surface area contributed by atoms with Gasteiger partial charge in [0.05, 0.1) is 0 Å². The van der Waals surface area contributed by atoms with Crippen LogP contribution in [0.2, 0.25) is 0 Å². The lowest BCUT2D eigenvalue weighted by Crippen LogP contribution is -2.01. The van der Waals surface area contributed by atoms with E-state index >= 15 is 0 Å². The van der Waals surface area contributed by atoms with E-state index in [0.29, 0.717) is 17.6 Å². The van der Waals surface area contributed by atoms with E-state index in [0.717, 1.165) is 17.5 Å². The second-order valence-corrected chi connectivity index (χ2v) is 5.49. The molecule has 0 aliphatic heterocycles. The van der Waals surface area contributed by atoms with Crippen molar-refractivity contribution in [1.82, 2.24) is 0 Å². The zero-order chi connectivity index (χ0) is 13.0. The van der Waals surface area contributed by atoms with Crippen molar-refractivity contribution in [3.8, 4) is 5.75 Å². The molecular formula is C16H26O. The molecule has 0 saturated heterocycles. The van der Waals surface area contributed by atoms with Crippen molar-refractivity contribution in [2.75, 3.05) is 0 Å². The Bertz CT molecular complexity index is 364. The van der Waals surface area contributed by atoms with Gasteiger partial charge in [0.25, 0.3) is 0 Å². The molecule has 1 nitrogen and oxygen atoms in total. The Kier molecular flexibility index (Phi) is 5.04. The first kappa shape index (κ1) is 14.1. The molecule has 0 fully saturated rings. The maximum atomic E-state index is 10.4. The van der Waals surface area contributed by atoms with Gasteiger partial charge in [0, 0.05) is 0 Å². The van der Waals surface area contributed by atoms with Crippen LogP contribution in [0.15, 0.2) is 12.1 Å². The Balaban J connectivity index is 3.19. The largest absolute Gasteiger partial charge is 0.507 e. The van der Waals surface area contributed by atoms with E-state index in [1.165, 1.54) is 18.4 Å². The van der Waals surface area contributed by atoms with Crippen LogP contribution in [0.25, 0.3) is 0 Å². The lowest BCUT2D eigenvalue weighted by atomic mass is 9.88. The molecule has 0 heterocycles. The summed E-state index contributed by atoms with van der Waals surface area (Å²) in [6.45, 7) is 10.8. The number of aryl methyl sites for hydroxylation is 1. The van der Waals surface area contributed by atoms with E-state index in [-0.39, 0.29) is 0 Å². The van der Waals surface area contributed by atoms with Crippen molar-refractivity contribution in [3.63, 3.8) is 0 Å². The number of rotatable bonds is 5. The molecule has 0 radical (unpaired) electrons. The van der Waals surface area contributed by atoms with Crippen LogP contribution < -0.4 is 0 Å². The van der Waals surface area contributed by atoms with Gasteiger partial charge in [-0.25, -0.2) is 0 Å². The molecule has 0 spiro atoms. The first-order valence-electron chi connectivity index (χ1n) is 6.83. The molecule has 96 valence electrons. The van der Waals surface area contributed by atoms with E-state index in [1.54, 1.807) is 0 Å². The van der Waals surface area contributed by atoms with E-state index in [2.05, 4.69) is 46.8 Å². The molecule has 17 heavy (non-hydrogen) atoms. The minimum atomic E-state index is 0.382. The Morgan fingerprint density at radius 2 is 1.71 bits per heavy atom. The molecule has 1 N–H and O–H groups in total. The Morgan fingerprint density at radius 1 is 1.06 bits per heavy atom. The van der Waals surface area contributed by atoms with Crippen LogP contribution >= 0.6 is 0 Å². The Labute approximate surface area is 106 Å². The molecule has 0 unspecified atom stereocenters. The third-order valence-electron chi connectivity index (χ3n) is 3.34. The van der Waals surface area contributed by atoms with Crippen LogP contribution in [0, 0.1) is 0 Å². The number of aromatic hydroxyl groups is 1. The summed E-state index contributed by atoms with van der Waals surface area (Å²) in [6, 6.07) is 4.30. The summed E-state index contributed by atoms with van der Waals surface area (Å²) in [4.78, 5) is 0. The van der Waals surface area contributed by atoms with Gasteiger partial charge in [0.15, 0.2) is 0 Å². The van der Waals surface area contributed by atoms with Crippen molar-refractivity contribution >= 4 is 0 Å². The van der Waals surface area contributed by atoms with Crippen molar-refractivity contribution in [2.45, 2.75) is 65.7 Å². The summed E-state index contributed by atoms with van der Waals surface area (Å²) in [5.41, 5.74) is 3.56. The number of phenolic OH excluding ortho intramolecular Hbond substituents is 1. The second-order valence-electron chi connectivity index (χ2n) is 5.49. The standard InChI is InChI=1S/C16H26O/c1-6-7-8-13-9-10-14(11(2)3)16(17)15(13)12(4)5/h9-12,17H,6-8H2,1-5H3. The fourth-order valence-electron chi connectivity index (χ4n) is 2.36. The van der Waals surface area contributed by atoms with Crippen LogP contribution in [0.4, 0.5) is 0 Å². The normalized spacial score (nSPS) is 11.5. The van der Waals surface area contributed by atoms with E-state index in [4.69, 9.17) is 0 Å². The number of hydrogen-bond donors (Lipinski definition) is 1. The first-order valence-corrected chi connectivity index (χ1v) is 6.83. The molecule has 0 aliphatic carbocycles. The lowest BCUT2D eigenvalue weighted by Gasteiger charge is -2.19. The third kappa shape index (κ3) is 3.24. The van der Waals surface area contributed by atoms with E-state index < -0.39 is 0 Å². The van der Waals surface area contributed by atoms with Crippen molar-refractivity contribution in [2.24, 2.45) is 0 Å². The van der Waals surface area contributed by atoms with Gasteiger partial charge in [-0.1, -0.05) is 53.2 Å². The topological polar surface area (TPSA) is 20.2 Å². The van der Waals surface area contributed by atoms with Crippen molar-refractivity contribution < 1.29 is 5.11 Å². The molecular weight excluding hydrogens is 208 g/mol. The Morgan fingerprint density at radius 3 is 2.18 bits per heavy atom. The van der Waals surface area contributed by atoms with Gasteiger partial charge in [0.1, 0.15) is 5.75 Å². The first-order chi connectivity index (χ1) is 7.99. The summed E-state index contributed by atoms with van der Waals surface area (Å²) < 4.78 is 0. The van der Waals surface area contributed by atoms with Crippen molar-refractivity contribution in [1.29, 1.82) is 0 Å². The molecule has 0 aromatic heterocycles. The van der Waals surface area contributed by atoms with Crippen LogP contribution in [-0.4, -0.2) is 5.11 Å². The monoisotopic (exact) mass is 234 g/mol. The Hall–Kier alpha value is -0.980. The maximum Gasteiger partial charge on any atom is 0.122 e. The summed E-state index contributed by atoms with van der Waals surface area (Å²) in [5, 5.41) is 10.4. The molecule has 1 aromatic rings. The predicted octanol–water partition coefficient (Wildman–Crippen LogP) is 4.98. The van der Waals surface area contributed by atoms with Gasteiger partial charge in [0.2, 0.25) is 0 Å². The average molecular weight is 234 g/mol. The highest BCUT2D eigenvalue weighted by Gasteiger charge is 2.16. The average Bonchev–Trinajstić information content (AvgIpc) is 2.25. The van der Waals surface area contributed by atoms with Crippen LogP contribution in [0.5, 0.6) is 5.75 Å². The van der Waals surface area contributed by atoms with Gasteiger partial charge < -0.3 is 5.11 Å². The van der Waals surface area contributed by atoms with E-state index in [9.17, 15) is 5.11 Å². The second kappa shape index (κ2) is 6.09. The van der Waals surface area contributed by atoms with Crippen LogP contribution in [-0.2, 0) is 6.42 Å². The van der Waals surface area contributed by atoms with Crippen molar-refractivity contribution in [3.05, 3.63) is 28.8 Å². The quantitative estimate of drug-likeness (QED) is 0.761. The minimum Gasteiger partial charge on any atom is -0.507 e. The highest BCUT2D eigenvalue weighted by Crippen LogP contribution is 2.36. The molecule has 0 atom stereocenters. The fourth-order valence-corrected chi connectivity index (χ4v) is 2.36. The van der Waals surface area contributed by atoms with Gasteiger partial charge in [-0.2, -0.15) is 0 Å². The SMILES string of the molecule is CCCCc1ccc(C(C)C)c(O)c1C(C)C. The van der Waals surface area contributed by atoms with Crippen LogP contribution in [0.3, 0.4) is 0 Å². The number of benzene rings is 1. The molecule has 1 aromatic carbocycles. The summed E-state index contributed by atoms with van der Waals surface area (Å²) in [7, 11) is 0. The number of phenols is 1. The number of hydrogen-bond acceptors (Lipinski definition) is 1.